The molecule has 0 aliphatic heterocycles. The standard InChI is InChI=1S/C16H15N3O4S/c1-23-11-5-3-2-4-10(11)6-7-17-13(20)12-14(21)18-16-19(15(12)22)8-9-24-16/h2-5,8-9,21H,6-7H2,1H3,(H,17,20). The fourth-order valence-corrected chi connectivity index (χ4v) is 3.08. The minimum Gasteiger partial charge on any atom is -0.496 e. The maximum atomic E-state index is 12.3. The summed E-state index contributed by atoms with van der Waals surface area (Å²) in [5.74, 6) is -0.478. The van der Waals surface area contributed by atoms with Gasteiger partial charge in [0.15, 0.2) is 10.5 Å². The molecule has 24 heavy (non-hydrogen) atoms. The number of hydrogen-bond donors (Lipinski definition) is 2. The van der Waals surface area contributed by atoms with Crippen LogP contribution in [0.4, 0.5) is 0 Å². The maximum Gasteiger partial charge on any atom is 0.275 e. The number of hydrogen-bond acceptors (Lipinski definition) is 6. The van der Waals surface area contributed by atoms with Gasteiger partial charge in [0.25, 0.3) is 11.5 Å². The van der Waals surface area contributed by atoms with Gasteiger partial charge in [-0.05, 0) is 18.1 Å². The van der Waals surface area contributed by atoms with Crippen LogP contribution < -0.4 is 15.6 Å². The largest absolute Gasteiger partial charge is 0.496 e. The average Bonchev–Trinajstić information content (AvgIpc) is 3.04. The van der Waals surface area contributed by atoms with Crippen LogP contribution in [0, 0.1) is 0 Å². The molecular weight excluding hydrogens is 330 g/mol. The van der Waals surface area contributed by atoms with Gasteiger partial charge in [-0.2, -0.15) is 4.98 Å². The number of amides is 1. The Balaban J connectivity index is 1.75. The molecule has 0 spiro atoms. The van der Waals surface area contributed by atoms with Crippen LogP contribution in [0.25, 0.3) is 4.96 Å². The van der Waals surface area contributed by atoms with Crippen LogP contribution in [0.2, 0.25) is 0 Å². The molecule has 7 nitrogen and oxygen atoms in total. The van der Waals surface area contributed by atoms with Gasteiger partial charge in [-0.1, -0.05) is 18.2 Å². The van der Waals surface area contributed by atoms with Gasteiger partial charge in [0.1, 0.15) is 5.75 Å². The topological polar surface area (TPSA) is 92.9 Å². The van der Waals surface area contributed by atoms with Crippen molar-refractivity contribution in [3.05, 3.63) is 57.3 Å². The fraction of sp³-hybridized carbons (Fsp3) is 0.188. The Kier molecular flexibility index (Phi) is 4.48. The van der Waals surface area contributed by atoms with Crippen molar-refractivity contribution in [2.45, 2.75) is 6.42 Å². The van der Waals surface area contributed by atoms with E-state index in [4.69, 9.17) is 4.74 Å². The van der Waals surface area contributed by atoms with E-state index in [0.29, 0.717) is 17.9 Å². The smallest absolute Gasteiger partial charge is 0.275 e. The van der Waals surface area contributed by atoms with E-state index in [9.17, 15) is 14.7 Å². The van der Waals surface area contributed by atoms with Crippen LogP contribution in [-0.2, 0) is 6.42 Å². The summed E-state index contributed by atoms with van der Waals surface area (Å²) in [7, 11) is 1.58. The number of aromatic hydroxyl groups is 1. The van der Waals surface area contributed by atoms with Crippen LogP contribution in [0.1, 0.15) is 15.9 Å². The minimum atomic E-state index is -0.652. The first-order valence-electron chi connectivity index (χ1n) is 7.20. The summed E-state index contributed by atoms with van der Waals surface area (Å²) in [6.45, 7) is 0.296. The lowest BCUT2D eigenvalue weighted by atomic mass is 10.1. The van der Waals surface area contributed by atoms with Crippen molar-refractivity contribution in [1.82, 2.24) is 14.7 Å². The molecule has 0 fully saturated rings. The van der Waals surface area contributed by atoms with Gasteiger partial charge >= 0.3 is 0 Å². The zero-order valence-corrected chi connectivity index (χ0v) is 13.7. The molecule has 2 heterocycles. The number of nitrogens with zero attached hydrogens (tertiary/aromatic N) is 2. The molecule has 124 valence electrons. The summed E-state index contributed by atoms with van der Waals surface area (Å²) < 4.78 is 6.49. The highest BCUT2D eigenvalue weighted by Crippen LogP contribution is 2.18. The number of para-hydroxylation sites is 1. The van der Waals surface area contributed by atoms with Gasteiger partial charge in [-0.3, -0.25) is 14.0 Å². The molecule has 2 N–H and O–H groups in total. The first-order valence-corrected chi connectivity index (χ1v) is 8.08. The third-order valence-electron chi connectivity index (χ3n) is 3.55. The Bertz CT molecular complexity index is 948. The van der Waals surface area contributed by atoms with Gasteiger partial charge < -0.3 is 15.2 Å². The number of rotatable bonds is 5. The zero-order valence-electron chi connectivity index (χ0n) is 12.9. The first kappa shape index (κ1) is 16.0. The Morgan fingerprint density at radius 1 is 1.42 bits per heavy atom. The fourth-order valence-electron chi connectivity index (χ4n) is 2.38. The summed E-state index contributed by atoms with van der Waals surface area (Å²) in [5.41, 5.74) is -0.00729. The first-order chi connectivity index (χ1) is 11.6. The van der Waals surface area contributed by atoms with Crippen LogP contribution in [0.5, 0.6) is 11.6 Å². The van der Waals surface area contributed by atoms with E-state index in [0.717, 1.165) is 11.3 Å². The quantitative estimate of drug-likeness (QED) is 0.730. The van der Waals surface area contributed by atoms with Gasteiger partial charge in [0.2, 0.25) is 5.88 Å². The number of thiazole rings is 1. The molecule has 0 saturated carbocycles. The second-order valence-electron chi connectivity index (χ2n) is 4.99. The normalized spacial score (nSPS) is 10.7. The molecule has 8 heteroatoms. The van der Waals surface area contributed by atoms with Crippen molar-refractivity contribution in [1.29, 1.82) is 0 Å². The minimum absolute atomic E-state index is 0.296. The number of benzene rings is 1. The van der Waals surface area contributed by atoms with Crippen LogP contribution in [0.3, 0.4) is 0 Å². The summed E-state index contributed by atoms with van der Waals surface area (Å²) in [6, 6.07) is 7.48. The highest BCUT2D eigenvalue weighted by molar-refractivity contribution is 7.15. The van der Waals surface area contributed by atoms with Crippen LogP contribution in [-0.4, -0.2) is 34.1 Å². The van der Waals surface area contributed by atoms with Crippen molar-refractivity contribution in [2.75, 3.05) is 13.7 Å². The number of carbonyl (C=O) groups excluding carboxylic acids is 1. The Morgan fingerprint density at radius 3 is 3.00 bits per heavy atom. The van der Waals surface area contributed by atoms with E-state index < -0.39 is 17.3 Å². The van der Waals surface area contributed by atoms with E-state index in [-0.39, 0.29) is 5.56 Å². The lowest BCUT2D eigenvalue weighted by molar-refractivity contribution is 0.0949. The molecule has 0 radical (unpaired) electrons. The van der Waals surface area contributed by atoms with Crippen molar-refractivity contribution in [3.8, 4) is 11.6 Å². The summed E-state index contributed by atoms with van der Waals surface area (Å²) >= 11 is 1.20. The van der Waals surface area contributed by atoms with Gasteiger partial charge in [-0.25, -0.2) is 0 Å². The second-order valence-corrected chi connectivity index (χ2v) is 5.86. The molecule has 0 atom stereocenters. The molecule has 3 aromatic rings. The third-order valence-corrected chi connectivity index (χ3v) is 4.30. The summed E-state index contributed by atoms with van der Waals surface area (Å²) in [4.78, 5) is 28.7. The van der Waals surface area contributed by atoms with Crippen LogP contribution >= 0.6 is 11.3 Å². The summed E-state index contributed by atoms with van der Waals surface area (Å²) in [5, 5.41) is 14.2. The number of nitrogens with one attached hydrogen (secondary N) is 1. The average molecular weight is 345 g/mol. The van der Waals surface area contributed by atoms with E-state index in [2.05, 4.69) is 10.3 Å². The predicted octanol–water partition coefficient (Wildman–Crippen LogP) is 1.44. The Hall–Kier alpha value is -2.87. The molecule has 0 saturated heterocycles. The van der Waals surface area contributed by atoms with E-state index in [1.54, 1.807) is 12.5 Å². The van der Waals surface area contributed by atoms with Crippen LogP contribution in [0.15, 0.2) is 40.6 Å². The number of methoxy groups -OCH3 is 1. The van der Waals surface area contributed by atoms with Crippen molar-refractivity contribution in [2.24, 2.45) is 0 Å². The number of ether oxygens (including phenoxy) is 1. The lowest BCUT2D eigenvalue weighted by Crippen LogP contribution is -2.32. The zero-order chi connectivity index (χ0) is 17.1. The lowest BCUT2D eigenvalue weighted by Gasteiger charge is -2.09. The van der Waals surface area contributed by atoms with Gasteiger partial charge in [0.05, 0.1) is 7.11 Å². The van der Waals surface area contributed by atoms with E-state index in [1.807, 2.05) is 24.3 Å². The molecule has 3 rings (SSSR count). The molecule has 0 unspecified atom stereocenters. The highest BCUT2D eigenvalue weighted by atomic mass is 32.1. The highest BCUT2D eigenvalue weighted by Gasteiger charge is 2.20. The summed E-state index contributed by atoms with van der Waals surface area (Å²) in [6.07, 6.45) is 2.05. The monoisotopic (exact) mass is 345 g/mol. The Morgan fingerprint density at radius 2 is 2.21 bits per heavy atom. The SMILES string of the molecule is COc1ccccc1CCNC(=O)c1c(O)nc2sccn2c1=O. The van der Waals surface area contributed by atoms with Crippen molar-refractivity contribution >= 4 is 22.2 Å². The molecular formula is C16H15N3O4S. The van der Waals surface area contributed by atoms with E-state index in [1.165, 1.54) is 21.9 Å². The molecule has 1 amide bonds. The second kappa shape index (κ2) is 6.71. The van der Waals surface area contributed by atoms with E-state index >= 15 is 0 Å². The van der Waals surface area contributed by atoms with Gasteiger partial charge in [0, 0.05) is 18.1 Å². The maximum absolute atomic E-state index is 12.3. The molecule has 0 aliphatic rings. The molecule has 1 aromatic carbocycles. The predicted molar refractivity (Wildman–Crippen MR) is 90.0 cm³/mol. The number of fused-ring (bicyclic) bond motifs is 1. The third kappa shape index (κ3) is 2.95. The van der Waals surface area contributed by atoms with Crippen molar-refractivity contribution < 1.29 is 14.6 Å². The van der Waals surface area contributed by atoms with Gasteiger partial charge in [-0.15, -0.1) is 11.3 Å². The molecule has 0 bridgehead atoms. The van der Waals surface area contributed by atoms with Crippen molar-refractivity contribution in [3.63, 3.8) is 0 Å². The number of carbonyl (C=O) groups is 1. The molecule has 0 aliphatic carbocycles. The molecule has 2 aromatic heterocycles. The Labute approximate surface area is 141 Å². The number of aromatic nitrogens is 2.